The zero-order chi connectivity index (χ0) is 12.7. The van der Waals surface area contributed by atoms with E-state index in [-0.39, 0.29) is 0 Å². The first-order chi connectivity index (χ1) is 8.17. The summed E-state index contributed by atoms with van der Waals surface area (Å²) in [7, 11) is 2.14. The first-order valence-electron chi connectivity index (χ1n) is 6.07. The van der Waals surface area contributed by atoms with E-state index in [0.29, 0.717) is 18.3 Å². The number of nitrogens with zero attached hydrogens (tertiary/aromatic N) is 2. The third-order valence-corrected chi connectivity index (χ3v) is 3.06. The fourth-order valence-electron chi connectivity index (χ4n) is 1.53. The molecule has 1 aromatic heterocycles. The van der Waals surface area contributed by atoms with Crippen molar-refractivity contribution in [1.82, 2.24) is 10.2 Å². The van der Waals surface area contributed by atoms with Crippen molar-refractivity contribution in [3.8, 4) is 6.07 Å². The number of likely N-dealkylation sites (N-methyl/N-ethyl adjacent to an activating group) is 1. The van der Waals surface area contributed by atoms with Gasteiger partial charge in [0.25, 0.3) is 0 Å². The highest BCUT2D eigenvalue weighted by atomic mass is 16.3. The number of nitriles is 1. The van der Waals surface area contributed by atoms with Gasteiger partial charge in [0.2, 0.25) is 5.76 Å². The second-order valence-corrected chi connectivity index (χ2v) is 4.29. The Kier molecular flexibility index (Phi) is 5.75. The smallest absolute Gasteiger partial charge is 0.203 e. The highest BCUT2D eigenvalue weighted by molar-refractivity contribution is 5.18. The average Bonchev–Trinajstić information content (AvgIpc) is 2.81. The Morgan fingerprint density at radius 2 is 2.29 bits per heavy atom. The van der Waals surface area contributed by atoms with Crippen molar-refractivity contribution in [2.75, 3.05) is 20.1 Å². The van der Waals surface area contributed by atoms with Gasteiger partial charge in [-0.05, 0) is 32.5 Å². The van der Waals surface area contributed by atoms with Gasteiger partial charge in [0.1, 0.15) is 11.8 Å². The van der Waals surface area contributed by atoms with Gasteiger partial charge in [-0.25, -0.2) is 0 Å². The second-order valence-electron chi connectivity index (χ2n) is 4.29. The van der Waals surface area contributed by atoms with Crippen molar-refractivity contribution >= 4 is 0 Å². The quantitative estimate of drug-likeness (QED) is 0.734. The first-order valence-corrected chi connectivity index (χ1v) is 6.07. The molecule has 0 spiro atoms. The summed E-state index contributed by atoms with van der Waals surface area (Å²) in [4.78, 5) is 2.33. The van der Waals surface area contributed by atoms with Crippen LogP contribution in [0.15, 0.2) is 16.5 Å². The third kappa shape index (κ3) is 4.59. The Morgan fingerprint density at radius 1 is 1.53 bits per heavy atom. The summed E-state index contributed by atoms with van der Waals surface area (Å²) in [5, 5.41) is 11.9. The molecule has 4 heteroatoms. The second kappa shape index (κ2) is 7.10. The molecule has 0 bridgehead atoms. The first kappa shape index (κ1) is 13.8. The van der Waals surface area contributed by atoms with E-state index in [1.165, 1.54) is 6.42 Å². The van der Waals surface area contributed by atoms with Gasteiger partial charge in [0, 0.05) is 19.1 Å². The molecule has 1 rings (SSSR count). The molecule has 0 fully saturated rings. The van der Waals surface area contributed by atoms with Crippen molar-refractivity contribution < 1.29 is 4.42 Å². The van der Waals surface area contributed by atoms with E-state index in [0.717, 1.165) is 18.8 Å². The van der Waals surface area contributed by atoms with Crippen LogP contribution in [0.5, 0.6) is 0 Å². The zero-order valence-electron chi connectivity index (χ0n) is 10.9. The topological polar surface area (TPSA) is 52.2 Å². The predicted octanol–water partition coefficient (Wildman–Crippen LogP) is 1.97. The minimum absolute atomic E-state index is 0.374. The minimum Gasteiger partial charge on any atom is -0.449 e. The molecular weight excluding hydrogens is 214 g/mol. The van der Waals surface area contributed by atoms with Gasteiger partial charge in [0.05, 0.1) is 6.54 Å². The van der Waals surface area contributed by atoms with Gasteiger partial charge < -0.3 is 14.6 Å². The molecule has 0 saturated heterocycles. The van der Waals surface area contributed by atoms with Crippen LogP contribution in [0.3, 0.4) is 0 Å². The van der Waals surface area contributed by atoms with Gasteiger partial charge in [-0.15, -0.1) is 0 Å². The number of hydrogen-bond donors (Lipinski definition) is 1. The molecule has 0 amide bonds. The van der Waals surface area contributed by atoms with Crippen LogP contribution in [0, 0.1) is 11.3 Å². The molecule has 1 aromatic rings. The highest BCUT2D eigenvalue weighted by Gasteiger charge is 2.05. The monoisotopic (exact) mass is 235 g/mol. The highest BCUT2D eigenvalue weighted by Crippen LogP contribution is 2.05. The Hall–Kier alpha value is -1.31. The van der Waals surface area contributed by atoms with Gasteiger partial charge in [0.15, 0.2) is 0 Å². The molecule has 0 aliphatic carbocycles. The van der Waals surface area contributed by atoms with Gasteiger partial charge in [-0.3, -0.25) is 0 Å². The van der Waals surface area contributed by atoms with Crippen molar-refractivity contribution in [2.24, 2.45) is 0 Å². The third-order valence-electron chi connectivity index (χ3n) is 3.06. The molecule has 0 radical (unpaired) electrons. The van der Waals surface area contributed by atoms with E-state index in [9.17, 15) is 0 Å². The number of rotatable bonds is 7. The summed E-state index contributed by atoms with van der Waals surface area (Å²) in [5.74, 6) is 1.19. The van der Waals surface area contributed by atoms with E-state index >= 15 is 0 Å². The molecule has 0 saturated carbocycles. The maximum absolute atomic E-state index is 8.61. The Bertz CT molecular complexity index is 367. The molecule has 1 unspecified atom stereocenters. The van der Waals surface area contributed by atoms with Crippen molar-refractivity contribution in [3.05, 3.63) is 23.7 Å². The van der Waals surface area contributed by atoms with Crippen LogP contribution >= 0.6 is 0 Å². The fourth-order valence-corrected chi connectivity index (χ4v) is 1.53. The summed E-state index contributed by atoms with van der Waals surface area (Å²) < 4.78 is 5.27. The van der Waals surface area contributed by atoms with Crippen molar-refractivity contribution in [1.29, 1.82) is 5.26 Å². The Balaban J connectivity index is 2.18. The van der Waals surface area contributed by atoms with Crippen LogP contribution in [0.1, 0.15) is 31.8 Å². The van der Waals surface area contributed by atoms with Gasteiger partial charge in [-0.1, -0.05) is 6.92 Å². The van der Waals surface area contributed by atoms with Gasteiger partial charge in [-0.2, -0.15) is 5.26 Å². The normalized spacial score (nSPS) is 12.6. The van der Waals surface area contributed by atoms with Crippen LogP contribution in [-0.2, 0) is 6.54 Å². The number of furan rings is 1. The molecule has 17 heavy (non-hydrogen) atoms. The Labute approximate surface area is 103 Å². The maximum atomic E-state index is 8.61. The zero-order valence-corrected chi connectivity index (χ0v) is 10.9. The molecule has 0 aliphatic heterocycles. The maximum Gasteiger partial charge on any atom is 0.203 e. The van der Waals surface area contributed by atoms with Crippen LogP contribution in [0.4, 0.5) is 0 Å². The lowest BCUT2D eigenvalue weighted by Gasteiger charge is -2.23. The van der Waals surface area contributed by atoms with Crippen LogP contribution in [0.25, 0.3) is 0 Å². The summed E-state index contributed by atoms with van der Waals surface area (Å²) in [6.45, 7) is 7.03. The molecule has 4 nitrogen and oxygen atoms in total. The summed E-state index contributed by atoms with van der Waals surface area (Å²) in [5.41, 5.74) is 0. The largest absolute Gasteiger partial charge is 0.449 e. The van der Waals surface area contributed by atoms with Crippen LogP contribution in [-0.4, -0.2) is 31.1 Å². The lowest BCUT2D eigenvalue weighted by atomic mass is 10.2. The molecule has 1 heterocycles. The van der Waals surface area contributed by atoms with E-state index in [2.05, 4.69) is 31.1 Å². The van der Waals surface area contributed by atoms with E-state index in [1.54, 1.807) is 6.07 Å². The molecule has 0 aliphatic rings. The summed E-state index contributed by atoms with van der Waals surface area (Å²) >= 11 is 0. The van der Waals surface area contributed by atoms with Crippen molar-refractivity contribution in [2.45, 2.75) is 32.9 Å². The van der Waals surface area contributed by atoms with Crippen LogP contribution < -0.4 is 5.32 Å². The molecule has 0 aromatic carbocycles. The molecule has 1 atom stereocenters. The van der Waals surface area contributed by atoms with Gasteiger partial charge >= 0.3 is 0 Å². The minimum atomic E-state index is 0.374. The molecule has 1 N–H and O–H groups in total. The lowest BCUT2D eigenvalue weighted by Crippen LogP contribution is -2.34. The lowest BCUT2D eigenvalue weighted by molar-refractivity contribution is 0.251. The number of nitrogens with one attached hydrogen (secondary N) is 1. The summed E-state index contributed by atoms with van der Waals surface area (Å²) in [6, 6.07) is 6.13. The SMILES string of the molecule is CCC(C)N(C)CCNCc1ccc(C#N)o1. The summed E-state index contributed by atoms with van der Waals surface area (Å²) in [6.07, 6.45) is 1.17. The molecular formula is C13H21N3O. The van der Waals surface area contributed by atoms with Crippen molar-refractivity contribution in [3.63, 3.8) is 0 Å². The van der Waals surface area contributed by atoms with E-state index < -0.39 is 0 Å². The predicted molar refractivity (Wildman–Crippen MR) is 67.5 cm³/mol. The average molecular weight is 235 g/mol. The van der Waals surface area contributed by atoms with E-state index in [1.807, 2.05) is 12.1 Å². The Morgan fingerprint density at radius 3 is 2.88 bits per heavy atom. The van der Waals surface area contributed by atoms with Crippen LogP contribution in [0.2, 0.25) is 0 Å². The standard InChI is InChI=1S/C13H21N3O/c1-4-11(2)16(3)8-7-15-10-13-6-5-12(9-14)17-13/h5-6,11,15H,4,7-8,10H2,1-3H3. The number of hydrogen-bond acceptors (Lipinski definition) is 4. The van der Waals surface area contributed by atoms with E-state index in [4.69, 9.17) is 9.68 Å². The fraction of sp³-hybridized carbons (Fsp3) is 0.615. The molecule has 94 valence electrons.